The Morgan fingerprint density at radius 1 is 1.28 bits per heavy atom. The molecule has 2 aliphatic rings. The number of aliphatic carboxylic acids is 1. The number of hydrogen-bond acceptors (Lipinski definition) is 4. The van der Waals surface area contributed by atoms with Crippen LogP contribution in [0.4, 0.5) is 0 Å². The molecule has 0 aromatic heterocycles. The largest absolute Gasteiger partial charge is 0.481 e. The first-order valence-corrected chi connectivity index (χ1v) is 7.84. The first-order chi connectivity index (χ1) is 8.50. The number of carboxylic acid groups (broad SMARTS) is 1. The maximum absolute atomic E-state index is 11.7. The average molecular weight is 277 g/mol. The minimum atomic E-state index is -3.30. The molecule has 7 heteroatoms. The second-order valence-electron chi connectivity index (χ2n) is 4.99. The van der Waals surface area contributed by atoms with Crippen molar-refractivity contribution < 1.29 is 23.1 Å². The highest BCUT2D eigenvalue weighted by Crippen LogP contribution is 2.28. The van der Waals surface area contributed by atoms with Crippen LogP contribution < -0.4 is 4.72 Å². The van der Waals surface area contributed by atoms with Crippen molar-refractivity contribution in [3.05, 3.63) is 0 Å². The summed E-state index contributed by atoms with van der Waals surface area (Å²) in [6.07, 6.45) is 2.74. The molecule has 2 fully saturated rings. The van der Waals surface area contributed by atoms with Crippen molar-refractivity contribution in [1.29, 1.82) is 0 Å². The van der Waals surface area contributed by atoms with E-state index >= 15 is 0 Å². The van der Waals surface area contributed by atoms with Gasteiger partial charge in [0.15, 0.2) is 0 Å². The second-order valence-corrected chi connectivity index (χ2v) is 7.03. The Kier molecular flexibility index (Phi) is 4.24. The van der Waals surface area contributed by atoms with Gasteiger partial charge in [0.05, 0.1) is 11.2 Å². The summed E-state index contributed by atoms with van der Waals surface area (Å²) < 4.78 is 31.0. The van der Waals surface area contributed by atoms with Crippen LogP contribution in [-0.2, 0) is 19.6 Å². The first kappa shape index (κ1) is 13.8. The molecule has 18 heavy (non-hydrogen) atoms. The van der Waals surface area contributed by atoms with E-state index in [1.54, 1.807) is 0 Å². The fraction of sp³-hybridized carbons (Fsp3) is 0.909. The summed E-state index contributed by atoms with van der Waals surface area (Å²) >= 11 is 0. The van der Waals surface area contributed by atoms with Gasteiger partial charge in [-0.1, -0.05) is 0 Å². The van der Waals surface area contributed by atoms with E-state index in [9.17, 15) is 18.3 Å². The standard InChI is InChI=1S/C11H19NO5S/c13-11(14)10(8-3-5-17-6-4-8)7-12-18(15,16)9-1-2-9/h8-10,12H,1-7H2,(H,13,14). The predicted octanol–water partition coefficient (Wildman–Crippen LogP) is 0.196. The van der Waals surface area contributed by atoms with E-state index in [1.807, 2.05) is 0 Å². The van der Waals surface area contributed by atoms with E-state index in [1.165, 1.54) is 0 Å². The fourth-order valence-corrected chi connectivity index (χ4v) is 3.68. The SMILES string of the molecule is O=C(O)C(CNS(=O)(=O)C1CC1)C1CCOCC1. The highest BCUT2D eigenvalue weighted by atomic mass is 32.2. The van der Waals surface area contributed by atoms with E-state index in [0.29, 0.717) is 38.9 Å². The van der Waals surface area contributed by atoms with Gasteiger partial charge in [-0.15, -0.1) is 0 Å². The number of hydrogen-bond donors (Lipinski definition) is 2. The monoisotopic (exact) mass is 277 g/mol. The Morgan fingerprint density at radius 3 is 2.39 bits per heavy atom. The molecule has 0 bridgehead atoms. The molecular formula is C11H19NO5S. The van der Waals surface area contributed by atoms with E-state index in [2.05, 4.69) is 4.72 Å². The number of carboxylic acids is 1. The van der Waals surface area contributed by atoms with Gasteiger partial charge in [-0.25, -0.2) is 13.1 Å². The van der Waals surface area contributed by atoms with Gasteiger partial charge in [0.25, 0.3) is 0 Å². The highest BCUT2D eigenvalue weighted by Gasteiger charge is 2.37. The van der Waals surface area contributed by atoms with E-state index in [-0.39, 0.29) is 17.7 Å². The molecule has 1 aliphatic heterocycles. The highest BCUT2D eigenvalue weighted by molar-refractivity contribution is 7.90. The molecule has 1 unspecified atom stereocenters. The van der Waals surface area contributed by atoms with Crippen molar-refractivity contribution in [3.8, 4) is 0 Å². The summed E-state index contributed by atoms with van der Waals surface area (Å²) in [6.45, 7) is 1.12. The van der Waals surface area contributed by atoms with Crippen molar-refractivity contribution in [1.82, 2.24) is 4.72 Å². The molecule has 2 rings (SSSR count). The quantitative estimate of drug-likeness (QED) is 0.723. The van der Waals surface area contributed by atoms with Crippen LogP contribution in [-0.4, -0.2) is 44.5 Å². The number of nitrogens with one attached hydrogen (secondary N) is 1. The van der Waals surface area contributed by atoms with E-state index in [0.717, 1.165) is 0 Å². The molecule has 0 aromatic carbocycles. The predicted molar refractivity (Wildman–Crippen MR) is 64.6 cm³/mol. The molecule has 104 valence electrons. The normalized spacial score (nSPS) is 23.8. The Bertz CT molecular complexity index is 398. The number of rotatable bonds is 6. The lowest BCUT2D eigenvalue weighted by Crippen LogP contribution is -2.39. The molecule has 1 saturated carbocycles. The summed E-state index contributed by atoms with van der Waals surface area (Å²) in [5, 5.41) is 8.90. The first-order valence-electron chi connectivity index (χ1n) is 6.30. The van der Waals surface area contributed by atoms with Crippen LogP contribution in [0.25, 0.3) is 0 Å². The Hall–Kier alpha value is -0.660. The zero-order chi connectivity index (χ0) is 13.2. The van der Waals surface area contributed by atoms with Crippen molar-refractivity contribution >= 4 is 16.0 Å². The molecule has 2 N–H and O–H groups in total. The van der Waals surface area contributed by atoms with Crippen molar-refractivity contribution in [2.45, 2.75) is 30.9 Å². The summed E-state index contributed by atoms with van der Waals surface area (Å²) in [7, 11) is -3.30. The van der Waals surface area contributed by atoms with Gasteiger partial charge in [-0.3, -0.25) is 4.79 Å². The van der Waals surface area contributed by atoms with Crippen LogP contribution in [0.5, 0.6) is 0 Å². The summed E-state index contributed by atoms with van der Waals surface area (Å²) in [4.78, 5) is 11.2. The van der Waals surface area contributed by atoms with E-state index < -0.39 is 21.9 Å². The zero-order valence-corrected chi connectivity index (χ0v) is 11.0. The molecule has 0 spiro atoms. The molecule has 0 amide bonds. The van der Waals surface area contributed by atoms with E-state index in [4.69, 9.17) is 4.74 Å². The van der Waals surface area contributed by atoms with Gasteiger partial charge >= 0.3 is 5.97 Å². The Morgan fingerprint density at radius 2 is 1.89 bits per heavy atom. The van der Waals surface area contributed by atoms with Crippen LogP contribution in [0.15, 0.2) is 0 Å². The van der Waals surface area contributed by atoms with Crippen LogP contribution in [0.3, 0.4) is 0 Å². The molecule has 0 aromatic rings. The van der Waals surface area contributed by atoms with Crippen LogP contribution in [0.2, 0.25) is 0 Å². The number of sulfonamides is 1. The summed E-state index contributed by atoms with van der Waals surface area (Å²) in [5.74, 6) is -1.58. The van der Waals surface area contributed by atoms with Crippen LogP contribution in [0, 0.1) is 11.8 Å². The fourth-order valence-electron chi connectivity index (χ4n) is 2.28. The maximum atomic E-state index is 11.7. The van der Waals surface area contributed by atoms with Crippen LogP contribution >= 0.6 is 0 Å². The molecule has 0 radical (unpaired) electrons. The molecule has 1 saturated heterocycles. The molecule has 6 nitrogen and oxygen atoms in total. The topological polar surface area (TPSA) is 92.7 Å². The maximum Gasteiger partial charge on any atom is 0.308 e. The minimum absolute atomic E-state index is 0.00116. The van der Waals surface area contributed by atoms with Crippen molar-refractivity contribution in [3.63, 3.8) is 0 Å². The average Bonchev–Trinajstić information content (AvgIpc) is 3.14. The molecular weight excluding hydrogens is 258 g/mol. The number of ether oxygens (including phenoxy) is 1. The van der Waals surface area contributed by atoms with Gasteiger partial charge in [0.1, 0.15) is 0 Å². The molecule has 1 atom stereocenters. The second kappa shape index (κ2) is 5.54. The van der Waals surface area contributed by atoms with Gasteiger partial charge in [0, 0.05) is 19.8 Å². The number of carbonyl (C=O) groups is 1. The van der Waals surface area contributed by atoms with Gasteiger partial charge in [0.2, 0.25) is 10.0 Å². The molecule has 1 heterocycles. The lowest BCUT2D eigenvalue weighted by atomic mass is 9.86. The Labute approximate surface area is 107 Å². The summed E-state index contributed by atoms with van der Waals surface area (Å²) in [6, 6.07) is 0. The lowest BCUT2D eigenvalue weighted by Gasteiger charge is -2.27. The van der Waals surface area contributed by atoms with Gasteiger partial charge in [-0.05, 0) is 31.6 Å². The van der Waals surface area contributed by atoms with Crippen molar-refractivity contribution in [2.75, 3.05) is 19.8 Å². The third-order valence-electron chi connectivity index (χ3n) is 3.62. The minimum Gasteiger partial charge on any atom is -0.481 e. The van der Waals surface area contributed by atoms with Crippen LogP contribution in [0.1, 0.15) is 25.7 Å². The summed E-state index contributed by atoms with van der Waals surface area (Å²) in [5.41, 5.74) is 0. The lowest BCUT2D eigenvalue weighted by molar-refractivity contribution is -0.144. The van der Waals surface area contributed by atoms with Gasteiger partial charge in [-0.2, -0.15) is 0 Å². The van der Waals surface area contributed by atoms with Gasteiger partial charge < -0.3 is 9.84 Å². The zero-order valence-electron chi connectivity index (χ0n) is 10.2. The molecule has 1 aliphatic carbocycles. The third-order valence-corrected chi connectivity index (χ3v) is 5.54. The third kappa shape index (κ3) is 3.43. The smallest absolute Gasteiger partial charge is 0.308 e. The Balaban J connectivity index is 1.91. The van der Waals surface area contributed by atoms with Crippen molar-refractivity contribution in [2.24, 2.45) is 11.8 Å².